The summed E-state index contributed by atoms with van der Waals surface area (Å²) in [6, 6.07) is 8.94. The van der Waals surface area contributed by atoms with Crippen LogP contribution in [0.25, 0.3) is 0 Å². The highest BCUT2D eigenvalue weighted by Gasteiger charge is 2.59. The Kier molecular flexibility index (Phi) is 4.63. The molecule has 27 heavy (non-hydrogen) atoms. The van der Waals surface area contributed by atoms with Crippen molar-refractivity contribution in [1.82, 2.24) is 0 Å². The molecule has 4 rings (SSSR count). The van der Waals surface area contributed by atoms with Gasteiger partial charge in [0.15, 0.2) is 0 Å². The Morgan fingerprint density at radius 3 is 2.89 bits per heavy atom. The van der Waals surface area contributed by atoms with Gasteiger partial charge in [0.1, 0.15) is 0 Å². The number of aliphatic imine (C=N–C) groups is 1. The van der Waals surface area contributed by atoms with Crippen LogP contribution in [0.2, 0.25) is 0 Å². The maximum absolute atomic E-state index is 4.97. The molecule has 2 aliphatic carbocycles. The van der Waals surface area contributed by atoms with E-state index >= 15 is 0 Å². The van der Waals surface area contributed by atoms with Crippen molar-refractivity contribution in [2.45, 2.75) is 40.0 Å². The molecule has 0 amide bonds. The van der Waals surface area contributed by atoms with E-state index in [0.717, 1.165) is 12.0 Å². The predicted molar refractivity (Wildman–Crippen MR) is 116 cm³/mol. The summed E-state index contributed by atoms with van der Waals surface area (Å²) in [6.07, 6.45) is 17.0. The summed E-state index contributed by atoms with van der Waals surface area (Å²) in [4.78, 5) is 4.97. The molecular formula is C26H29N. The zero-order valence-corrected chi connectivity index (χ0v) is 16.7. The lowest BCUT2D eigenvalue weighted by atomic mass is 9.76. The molecule has 0 bridgehead atoms. The Bertz CT molecular complexity index is 921. The average molecular weight is 356 g/mol. The van der Waals surface area contributed by atoms with Crippen LogP contribution < -0.4 is 0 Å². The summed E-state index contributed by atoms with van der Waals surface area (Å²) in [7, 11) is 0. The predicted octanol–water partition coefficient (Wildman–Crippen LogP) is 6.54. The molecule has 0 N–H and O–H groups in total. The van der Waals surface area contributed by atoms with Crippen LogP contribution in [-0.2, 0) is 6.42 Å². The Hall–Kier alpha value is -2.41. The number of hydrogen-bond donors (Lipinski definition) is 0. The standard InChI is InChI=1S/C26H29N/c1-5-21(10-9-18(2)3)24-17-27-25-23(24)12-11-22-16-26(22,25)14-13-20-8-6-7-19(4)15-20/h5-12,15,17,22-23H,2,13-14,16H2,1,3-4H3/b10-9-,21-5?. The van der Waals surface area contributed by atoms with Gasteiger partial charge in [-0.1, -0.05) is 72.4 Å². The second-order valence-corrected chi connectivity index (χ2v) is 8.34. The molecule has 1 aromatic rings. The van der Waals surface area contributed by atoms with E-state index in [1.165, 1.54) is 40.8 Å². The summed E-state index contributed by atoms with van der Waals surface area (Å²) in [5, 5.41) is 0. The van der Waals surface area contributed by atoms with Gasteiger partial charge in [0.25, 0.3) is 0 Å². The van der Waals surface area contributed by atoms with E-state index < -0.39 is 0 Å². The minimum atomic E-state index is 0.290. The largest absolute Gasteiger partial charge is 0.264 e. The Balaban J connectivity index is 1.52. The molecule has 0 radical (unpaired) electrons. The van der Waals surface area contributed by atoms with Crippen LogP contribution in [0.5, 0.6) is 0 Å². The van der Waals surface area contributed by atoms with E-state index in [2.05, 4.69) is 81.3 Å². The zero-order chi connectivity index (χ0) is 19.0. The first kappa shape index (κ1) is 18.0. The van der Waals surface area contributed by atoms with Crippen molar-refractivity contribution < 1.29 is 0 Å². The third kappa shape index (κ3) is 3.32. The van der Waals surface area contributed by atoms with Gasteiger partial charge in [0.2, 0.25) is 0 Å². The van der Waals surface area contributed by atoms with Crippen LogP contribution in [0, 0.1) is 24.2 Å². The highest BCUT2D eigenvalue weighted by Crippen LogP contribution is 2.63. The second kappa shape index (κ2) is 6.96. The molecule has 1 heterocycles. The smallest absolute Gasteiger partial charge is 0.0430 e. The monoisotopic (exact) mass is 355 g/mol. The first-order valence-corrected chi connectivity index (χ1v) is 10.1. The first-order valence-electron chi connectivity index (χ1n) is 10.1. The number of allylic oxidation sites excluding steroid dienone is 8. The van der Waals surface area contributed by atoms with E-state index in [9.17, 15) is 0 Å². The molecule has 3 aliphatic rings. The summed E-state index contributed by atoms with van der Waals surface area (Å²) in [6.45, 7) is 10.3. The number of hydrogen-bond acceptors (Lipinski definition) is 1. The number of nitrogens with zero attached hydrogens (tertiary/aromatic N) is 1. The van der Waals surface area contributed by atoms with Crippen LogP contribution in [-0.4, -0.2) is 5.71 Å². The highest BCUT2D eigenvalue weighted by molar-refractivity contribution is 6.02. The van der Waals surface area contributed by atoms with Crippen molar-refractivity contribution >= 4 is 5.71 Å². The zero-order valence-electron chi connectivity index (χ0n) is 16.7. The molecule has 1 heteroatoms. The fraction of sp³-hybridized carbons (Fsp3) is 0.346. The molecule has 0 aromatic heterocycles. The molecule has 1 aliphatic heterocycles. The molecule has 1 nitrogen and oxygen atoms in total. The lowest BCUT2D eigenvalue weighted by Crippen LogP contribution is -2.28. The van der Waals surface area contributed by atoms with E-state index in [0.29, 0.717) is 17.3 Å². The highest BCUT2D eigenvalue weighted by atomic mass is 14.8. The van der Waals surface area contributed by atoms with E-state index in [1.54, 1.807) is 0 Å². The quantitative estimate of drug-likeness (QED) is 0.406. The molecule has 1 saturated carbocycles. The molecule has 3 atom stereocenters. The maximum atomic E-state index is 4.97. The van der Waals surface area contributed by atoms with Gasteiger partial charge in [-0.25, -0.2) is 0 Å². The van der Waals surface area contributed by atoms with E-state index in [-0.39, 0.29) is 0 Å². The molecule has 138 valence electrons. The third-order valence-corrected chi connectivity index (χ3v) is 6.29. The van der Waals surface area contributed by atoms with Crippen LogP contribution in [0.4, 0.5) is 0 Å². The lowest BCUT2D eigenvalue weighted by Gasteiger charge is -2.27. The number of benzene rings is 1. The average Bonchev–Trinajstić information content (AvgIpc) is 3.23. The van der Waals surface area contributed by atoms with Crippen molar-refractivity contribution in [2.24, 2.45) is 22.2 Å². The fourth-order valence-corrected chi connectivity index (χ4v) is 4.70. The van der Waals surface area contributed by atoms with Crippen molar-refractivity contribution in [2.75, 3.05) is 0 Å². The molecule has 0 spiro atoms. The molecular weight excluding hydrogens is 326 g/mol. The minimum Gasteiger partial charge on any atom is -0.264 e. The van der Waals surface area contributed by atoms with Gasteiger partial charge in [0, 0.05) is 23.2 Å². The van der Waals surface area contributed by atoms with E-state index in [4.69, 9.17) is 4.99 Å². The summed E-state index contributed by atoms with van der Waals surface area (Å²) >= 11 is 0. The number of fused-ring (bicyclic) bond motifs is 3. The molecule has 1 fully saturated rings. The summed E-state index contributed by atoms with van der Waals surface area (Å²) in [5.41, 5.74) is 8.17. The Labute approximate surface area is 163 Å². The summed E-state index contributed by atoms with van der Waals surface area (Å²) < 4.78 is 0. The maximum Gasteiger partial charge on any atom is 0.0430 e. The Morgan fingerprint density at radius 1 is 1.30 bits per heavy atom. The van der Waals surface area contributed by atoms with Crippen LogP contribution in [0.1, 0.15) is 37.8 Å². The third-order valence-electron chi connectivity index (χ3n) is 6.29. The van der Waals surface area contributed by atoms with Gasteiger partial charge in [-0.05, 0) is 62.7 Å². The van der Waals surface area contributed by atoms with Gasteiger partial charge in [-0.3, -0.25) is 4.99 Å². The van der Waals surface area contributed by atoms with Gasteiger partial charge < -0.3 is 0 Å². The number of rotatable bonds is 6. The van der Waals surface area contributed by atoms with Gasteiger partial charge in [-0.2, -0.15) is 0 Å². The molecule has 1 aromatic carbocycles. The first-order chi connectivity index (χ1) is 13.0. The van der Waals surface area contributed by atoms with Gasteiger partial charge >= 0.3 is 0 Å². The van der Waals surface area contributed by atoms with Crippen LogP contribution >= 0.6 is 0 Å². The minimum absolute atomic E-state index is 0.290. The van der Waals surface area contributed by atoms with Gasteiger partial charge in [-0.15, -0.1) is 0 Å². The van der Waals surface area contributed by atoms with Crippen molar-refractivity contribution in [3.05, 3.63) is 95.3 Å². The normalized spacial score (nSPS) is 28.6. The van der Waals surface area contributed by atoms with Crippen molar-refractivity contribution in [3.8, 4) is 0 Å². The van der Waals surface area contributed by atoms with E-state index in [1.807, 2.05) is 6.92 Å². The fourth-order valence-electron chi connectivity index (χ4n) is 4.70. The van der Waals surface area contributed by atoms with Crippen LogP contribution in [0.15, 0.2) is 89.1 Å². The van der Waals surface area contributed by atoms with Gasteiger partial charge in [0.05, 0.1) is 0 Å². The summed E-state index contributed by atoms with van der Waals surface area (Å²) in [5.74, 6) is 1.03. The van der Waals surface area contributed by atoms with Crippen molar-refractivity contribution in [3.63, 3.8) is 0 Å². The molecule has 3 unspecified atom stereocenters. The SMILES string of the molecule is C=C(C)/C=C\C(=CC)C1=CN=C2C1C=CC1CC21CCc1cccc(C)c1. The lowest BCUT2D eigenvalue weighted by molar-refractivity contribution is 0.566. The topological polar surface area (TPSA) is 12.4 Å². The second-order valence-electron chi connectivity index (χ2n) is 8.34. The van der Waals surface area contributed by atoms with Crippen LogP contribution in [0.3, 0.4) is 0 Å². The Morgan fingerprint density at radius 2 is 2.15 bits per heavy atom. The number of aryl methyl sites for hydroxylation is 2. The van der Waals surface area contributed by atoms with Crippen molar-refractivity contribution in [1.29, 1.82) is 0 Å². The molecule has 0 saturated heterocycles.